The Kier molecular flexibility index (Phi) is 3.84. The molecule has 0 aliphatic carbocycles. The smallest absolute Gasteiger partial charge is 0.335 e. The van der Waals surface area contributed by atoms with E-state index in [1.165, 1.54) is 20.1 Å². The second-order valence-electron chi connectivity index (χ2n) is 4.36. The van der Waals surface area contributed by atoms with Crippen LogP contribution in [0.15, 0.2) is 42.5 Å². The van der Waals surface area contributed by atoms with Crippen LogP contribution in [0.3, 0.4) is 0 Å². The maximum atomic E-state index is 11.5. The second-order valence-corrected chi connectivity index (χ2v) is 4.36. The first-order valence-corrected chi connectivity index (χ1v) is 6.05. The highest BCUT2D eigenvalue weighted by Crippen LogP contribution is 2.31. The number of aromatic carboxylic acids is 1. The van der Waals surface area contributed by atoms with Crippen LogP contribution in [-0.4, -0.2) is 24.0 Å². The van der Waals surface area contributed by atoms with Crippen LogP contribution in [-0.2, 0) is 0 Å². The van der Waals surface area contributed by atoms with Crippen molar-refractivity contribution in [2.24, 2.45) is 0 Å². The molecular weight excluding hydrogens is 256 g/mol. The van der Waals surface area contributed by atoms with Crippen LogP contribution >= 0.6 is 0 Å². The van der Waals surface area contributed by atoms with Gasteiger partial charge in [0.05, 0.1) is 12.7 Å². The lowest BCUT2D eigenvalue weighted by Gasteiger charge is -2.10. The van der Waals surface area contributed by atoms with Gasteiger partial charge in [-0.15, -0.1) is 0 Å². The normalized spacial score (nSPS) is 10.1. The van der Waals surface area contributed by atoms with Crippen molar-refractivity contribution in [1.29, 1.82) is 0 Å². The van der Waals surface area contributed by atoms with Crippen molar-refractivity contribution in [3.63, 3.8) is 0 Å². The minimum atomic E-state index is -0.992. The van der Waals surface area contributed by atoms with Crippen molar-refractivity contribution in [2.75, 3.05) is 7.11 Å². The molecular formula is C16H14O4. The molecule has 2 rings (SSSR count). The minimum Gasteiger partial charge on any atom is -0.496 e. The molecule has 0 saturated heterocycles. The summed E-state index contributed by atoms with van der Waals surface area (Å²) in [6.07, 6.45) is 0. The van der Waals surface area contributed by atoms with Gasteiger partial charge >= 0.3 is 5.97 Å². The maximum absolute atomic E-state index is 11.5. The molecule has 0 amide bonds. The average Bonchev–Trinajstić information content (AvgIpc) is 2.46. The molecule has 20 heavy (non-hydrogen) atoms. The van der Waals surface area contributed by atoms with Crippen LogP contribution in [0.5, 0.6) is 5.75 Å². The van der Waals surface area contributed by atoms with E-state index >= 15 is 0 Å². The van der Waals surface area contributed by atoms with Crippen LogP contribution in [0.25, 0.3) is 11.1 Å². The molecule has 1 N–H and O–H groups in total. The standard InChI is InChI=1S/C16H14O4/c1-10(17)11-6-7-15(20-2)14(9-11)12-4-3-5-13(8-12)16(18)19/h3-9H,1-2H3,(H,18,19). The lowest BCUT2D eigenvalue weighted by Crippen LogP contribution is -1.98. The molecule has 2 aromatic rings. The maximum Gasteiger partial charge on any atom is 0.335 e. The fourth-order valence-electron chi connectivity index (χ4n) is 1.97. The average molecular weight is 270 g/mol. The molecule has 0 aliphatic rings. The first-order valence-electron chi connectivity index (χ1n) is 6.05. The highest BCUT2D eigenvalue weighted by molar-refractivity contribution is 5.96. The number of hydrogen-bond donors (Lipinski definition) is 1. The predicted molar refractivity (Wildman–Crippen MR) is 75.4 cm³/mol. The molecule has 0 bridgehead atoms. The summed E-state index contributed by atoms with van der Waals surface area (Å²) in [5.74, 6) is -0.450. The lowest BCUT2D eigenvalue weighted by atomic mass is 9.99. The third-order valence-corrected chi connectivity index (χ3v) is 3.03. The van der Waals surface area contributed by atoms with Gasteiger partial charge in [0.2, 0.25) is 0 Å². The van der Waals surface area contributed by atoms with Gasteiger partial charge in [0.15, 0.2) is 5.78 Å². The topological polar surface area (TPSA) is 63.6 Å². The summed E-state index contributed by atoms with van der Waals surface area (Å²) in [4.78, 5) is 22.5. The zero-order valence-electron chi connectivity index (χ0n) is 11.2. The van der Waals surface area contributed by atoms with Gasteiger partial charge in [0.25, 0.3) is 0 Å². The molecule has 0 heterocycles. The quantitative estimate of drug-likeness (QED) is 0.866. The van der Waals surface area contributed by atoms with Crippen molar-refractivity contribution < 1.29 is 19.4 Å². The van der Waals surface area contributed by atoms with E-state index in [4.69, 9.17) is 9.84 Å². The Balaban J connectivity index is 2.60. The lowest BCUT2D eigenvalue weighted by molar-refractivity contribution is 0.0696. The summed E-state index contributed by atoms with van der Waals surface area (Å²) in [6, 6.07) is 11.6. The Morgan fingerprint density at radius 2 is 1.80 bits per heavy atom. The van der Waals surface area contributed by atoms with Crippen molar-refractivity contribution in [3.8, 4) is 16.9 Å². The fourth-order valence-corrected chi connectivity index (χ4v) is 1.97. The molecule has 102 valence electrons. The third kappa shape index (κ3) is 2.69. The molecule has 4 nitrogen and oxygen atoms in total. The number of ketones is 1. The number of ether oxygens (including phenoxy) is 1. The van der Waals surface area contributed by atoms with Gasteiger partial charge in [0, 0.05) is 11.1 Å². The van der Waals surface area contributed by atoms with Gasteiger partial charge in [-0.25, -0.2) is 4.79 Å². The van der Waals surface area contributed by atoms with Crippen LogP contribution in [0.4, 0.5) is 0 Å². The molecule has 0 fully saturated rings. The number of Topliss-reactive ketones (excluding diaryl/α,β-unsaturated/α-hetero) is 1. The molecule has 0 unspecified atom stereocenters. The van der Waals surface area contributed by atoms with E-state index in [-0.39, 0.29) is 11.3 Å². The summed E-state index contributed by atoms with van der Waals surface area (Å²) < 4.78 is 5.28. The van der Waals surface area contributed by atoms with Gasteiger partial charge in [-0.2, -0.15) is 0 Å². The van der Waals surface area contributed by atoms with E-state index in [0.717, 1.165) is 0 Å². The summed E-state index contributed by atoms with van der Waals surface area (Å²) >= 11 is 0. The van der Waals surface area contributed by atoms with Crippen LogP contribution < -0.4 is 4.74 Å². The van der Waals surface area contributed by atoms with E-state index < -0.39 is 5.97 Å². The highest BCUT2D eigenvalue weighted by Gasteiger charge is 2.11. The Labute approximate surface area is 116 Å². The molecule has 0 aliphatic heterocycles. The number of benzene rings is 2. The summed E-state index contributed by atoms with van der Waals surface area (Å²) in [5.41, 5.74) is 2.15. The van der Waals surface area contributed by atoms with Crippen LogP contribution in [0.2, 0.25) is 0 Å². The van der Waals surface area contributed by atoms with E-state index in [1.807, 2.05) is 0 Å². The summed E-state index contributed by atoms with van der Waals surface area (Å²) in [5, 5.41) is 9.04. The van der Waals surface area contributed by atoms with Crippen molar-refractivity contribution >= 4 is 11.8 Å². The zero-order chi connectivity index (χ0) is 14.7. The van der Waals surface area contributed by atoms with E-state index in [2.05, 4.69) is 0 Å². The molecule has 0 radical (unpaired) electrons. The van der Waals surface area contributed by atoms with Crippen LogP contribution in [0.1, 0.15) is 27.6 Å². The first-order chi connectivity index (χ1) is 9.52. The Bertz CT molecular complexity index is 674. The minimum absolute atomic E-state index is 0.0525. The van der Waals surface area contributed by atoms with E-state index in [9.17, 15) is 9.59 Å². The van der Waals surface area contributed by atoms with Gasteiger partial charge < -0.3 is 9.84 Å². The van der Waals surface area contributed by atoms with Crippen molar-refractivity contribution in [2.45, 2.75) is 6.92 Å². The number of carboxylic acid groups (broad SMARTS) is 1. The van der Waals surface area contributed by atoms with Crippen molar-refractivity contribution in [3.05, 3.63) is 53.6 Å². The van der Waals surface area contributed by atoms with Crippen molar-refractivity contribution in [1.82, 2.24) is 0 Å². The van der Waals surface area contributed by atoms with Gasteiger partial charge in [0.1, 0.15) is 5.75 Å². The van der Waals surface area contributed by atoms with Crippen LogP contribution in [0, 0.1) is 0 Å². The molecule has 2 aromatic carbocycles. The highest BCUT2D eigenvalue weighted by atomic mass is 16.5. The van der Waals surface area contributed by atoms with E-state index in [1.54, 1.807) is 36.4 Å². The molecule has 0 spiro atoms. The van der Waals surface area contributed by atoms with E-state index in [0.29, 0.717) is 22.4 Å². The summed E-state index contributed by atoms with van der Waals surface area (Å²) in [7, 11) is 1.54. The largest absolute Gasteiger partial charge is 0.496 e. The monoisotopic (exact) mass is 270 g/mol. The predicted octanol–water partition coefficient (Wildman–Crippen LogP) is 3.26. The molecule has 0 atom stereocenters. The first kappa shape index (κ1) is 13.8. The number of carboxylic acids is 1. The molecule has 0 saturated carbocycles. The third-order valence-electron chi connectivity index (χ3n) is 3.03. The SMILES string of the molecule is COc1ccc(C(C)=O)cc1-c1cccc(C(=O)O)c1. The fraction of sp³-hybridized carbons (Fsp3) is 0.125. The Morgan fingerprint density at radius 1 is 1.05 bits per heavy atom. The Morgan fingerprint density at radius 3 is 2.40 bits per heavy atom. The Hall–Kier alpha value is -2.62. The molecule has 0 aromatic heterocycles. The van der Waals surface area contributed by atoms with Gasteiger partial charge in [-0.3, -0.25) is 4.79 Å². The number of methoxy groups -OCH3 is 1. The number of rotatable bonds is 4. The zero-order valence-corrected chi connectivity index (χ0v) is 11.2. The molecule has 4 heteroatoms. The number of hydrogen-bond acceptors (Lipinski definition) is 3. The van der Waals surface area contributed by atoms with Gasteiger partial charge in [-0.05, 0) is 42.8 Å². The number of carbonyl (C=O) groups excluding carboxylic acids is 1. The van der Waals surface area contributed by atoms with Gasteiger partial charge in [-0.1, -0.05) is 12.1 Å². The second kappa shape index (κ2) is 5.57. The summed E-state index contributed by atoms with van der Waals surface area (Å²) in [6.45, 7) is 1.49. The number of carbonyl (C=O) groups is 2.